The molecule has 13 nitrogen and oxygen atoms in total. The van der Waals surface area contributed by atoms with E-state index < -0.39 is 50.3 Å². The van der Waals surface area contributed by atoms with E-state index in [-0.39, 0.29) is 22.9 Å². The number of nitrogens with two attached hydrogens (primary N) is 1. The van der Waals surface area contributed by atoms with Crippen molar-refractivity contribution in [3.63, 3.8) is 0 Å². The molecular weight excluding hydrogens is 624 g/mol. The van der Waals surface area contributed by atoms with E-state index in [1.54, 1.807) is 43.3 Å². The van der Waals surface area contributed by atoms with Gasteiger partial charge in [0.05, 0.1) is 9.82 Å². The van der Waals surface area contributed by atoms with Gasteiger partial charge in [0.1, 0.15) is 29.8 Å². The summed E-state index contributed by atoms with van der Waals surface area (Å²) in [5, 5.41) is 13.0. The van der Waals surface area contributed by atoms with Crippen molar-refractivity contribution in [2.75, 3.05) is 5.75 Å². The van der Waals surface area contributed by atoms with Crippen LogP contribution in [0.4, 0.5) is 5.69 Å². The van der Waals surface area contributed by atoms with Gasteiger partial charge in [0, 0.05) is 17.9 Å². The van der Waals surface area contributed by atoms with Gasteiger partial charge in [-0.05, 0) is 54.8 Å². The summed E-state index contributed by atoms with van der Waals surface area (Å²) in [6.45, 7) is 3.49. The molecule has 45 heavy (non-hydrogen) atoms. The van der Waals surface area contributed by atoms with Crippen molar-refractivity contribution in [1.82, 2.24) is 10.2 Å². The predicted octanol–water partition coefficient (Wildman–Crippen LogP) is 3.25. The number of hydrogen-bond acceptors (Lipinski definition) is 10. The molecule has 4 N–H and O–H groups in total. The van der Waals surface area contributed by atoms with Gasteiger partial charge in [0.2, 0.25) is 5.91 Å². The van der Waals surface area contributed by atoms with E-state index in [4.69, 9.17) is 15.0 Å². The lowest BCUT2D eigenvalue weighted by Crippen LogP contribution is -2.71. The normalized spacial score (nSPS) is 18.0. The molecule has 5 rings (SSSR count). The quantitative estimate of drug-likeness (QED) is 0.106. The molecule has 2 unspecified atom stereocenters. The minimum Gasteiger partial charge on any atom is -0.456 e. The Balaban J connectivity index is 0.000000354. The van der Waals surface area contributed by atoms with Gasteiger partial charge in [0.15, 0.2) is 0 Å². The van der Waals surface area contributed by atoms with E-state index in [1.165, 1.54) is 53.1 Å². The van der Waals surface area contributed by atoms with Gasteiger partial charge in [-0.15, -0.1) is 11.8 Å². The maximum atomic E-state index is 12.9. The lowest BCUT2D eigenvalue weighted by Gasteiger charge is -2.49. The number of thioether (sulfide) groups is 1. The monoisotopic (exact) mass is 654 g/mol. The molecule has 15 heteroatoms. The highest BCUT2D eigenvalue weighted by Gasteiger charge is 2.54. The Morgan fingerprint density at radius 3 is 2.29 bits per heavy atom. The molecule has 0 radical (unpaired) electrons. The number of carbonyl (C=O) groups is 3. The van der Waals surface area contributed by atoms with Crippen LogP contribution in [0, 0.1) is 17.0 Å². The molecule has 236 valence electrons. The highest BCUT2D eigenvalue weighted by molar-refractivity contribution is 8.00. The minimum atomic E-state index is -4.02. The molecular formula is C30H30N4O9S2. The van der Waals surface area contributed by atoms with Crippen LogP contribution in [-0.4, -0.2) is 57.7 Å². The maximum Gasteiger partial charge on any atom is 0.355 e. The fourth-order valence-electron chi connectivity index (χ4n) is 4.46. The Bertz CT molecular complexity index is 1730. The maximum absolute atomic E-state index is 12.9. The number of nitrogens with one attached hydrogen (secondary N) is 1. The summed E-state index contributed by atoms with van der Waals surface area (Å²) >= 11 is 1.44. The Kier molecular flexibility index (Phi) is 10.4. The first-order valence-electron chi connectivity index (χ1n) is 13.5. The van der Waals surface area contributed by atoms with Crippen LogP contribution in [-0.2, 0) is 35.8 Å². The zero-order chi connectivity index (χ0) is 32.9. The van der Waals surface area contributed by atoms with Gasteiger partial charge < -0.3 is 15.8 Å². The first-order chi connectivity index (χ1) is 21.3. The number of benzene rings is 3. The van der Waals surface area contributed by atoms with Gasteiger partial charge in [0.25, 0.3) is 21.7 Å². The highest BCUT2D eigenvalue weighted by Crippen LogP contribution is 2.40. The second-order valence-electron chi connectivity index (χ2n) is 10.2. The molecule has 0 saturated carbocycles. The fourth-order valence-corrected chi connectivity index (χ4v) is 6.23. The number of aryl methyl sites for hydroxylation is 1. The molecule has 3 aromatic rings. The number of esters is 1. The average molecular weight is 655 g/mol. The number of nitrogens with zero attached hydrogens (tertiary/aromatic N) is 2. The van der Waals surface area contributed by atoms with Crippen molar-refractivity contribution in [2.24, 2.45) is 5.73 Å². The molecule has 2 heterocycles. The Hall–Kier alpha value is -4.57. The van der Waals surface area contributed by atoms with Gasteiger partial charge in [-0.3, -0.25) is 29.2 Å². The van der Waals surface area contributed by atoms with E-state index >= 15 is 0 Å². The molecule has 1 saturated heterocycles. The molecule has 1 fully saturated rings. The second kappa shape index (κ2) is 14.0. The van der Waals surface area contributed by atoms with Crippen molar-refractivity contribution in [1.29, 1.82) is 0 Å². The topological polar surface area (TPSA) is 199 Å². The summed E-state index contributed by atoms with van der Waals surface area (Å²) in [5.74, 6) is -1.06. The van der Waals surface area contributed by atoms with Crippen LogP contribution in [0.2, 0.25) is 0 Å². The summed E-state index contributed by atoms with van der Waals surface area (Å²) in [6.07, 6.45) is 0. The van der Waals surface area contributed by atoms with E-state index in [0.717, 1.165) is 5.56 Å². The van der Waals surface area contributed by atoms with E-state index in [9.17, 15) is 32.9 Å². The standard InChI is InChI=1S/C23H22N4O6S.C7H8O3S/c1-13-12-34-22-18(25-20(28)17(24)15-5-3-2-4-6-15)21(29)26(22)19(13)23(30)33-11-14-7-9-16(10-8-14)27(31)32;1-6-2-4-7(5-3-6)11(8,9)10/h2-10,17-18,22H,11-12,24H2,1H3,(H,25,28);2-5H,1H3,(H,8,9,10)/t17?,18?,22-;/m0./s1. The second-order valence-corrected chi connectivity index (χ2v) is 12.7. The number of rotatable bonds is 8. The van der Waals surface area contributed by atoms with Crippen molar-refractivity contribution in [3.8, 4) is 0 Å². The molecule has 2 amide bonds. The number of nitro groups is 1. The summed E-state index contributed by atoms with van der Waals surface area (Å²) in [6, 6.07) is 18.8. The number of non-ortho nitro benzene ring substituents is 1. The molecule has 0 aliphatic carbocycles. The summed E-state index contributed by atoms with van der Waals surface area (Å²) in [4.78, 5) is 49.8. The molecule has 0 bridgehead atoms. The van der Waals surface area contributed by atoms with E-state index in [2.05, 4.69) is 5.32 Å². The van der Waals surface area contributed by atoms with Crippen molar-refractivity contribution in [3.05, 3.63) is 117 Å². The van der Waals surface area contributed by atoms with Gasteiger partial charge in [-0.2, -0.15) is 8.42 Å². The van der Waals surface area contributed by atoms with Crippen LogP contribution >= 0.6 is 11.8 Å². The summed E-state index contributed by atoms with van der Waals surface area (Å²) in [5.41, 5.74) is 8.98. The third-order valence-electron chi connectivity index (χ3n) is 6.93. The van der Waals surface area contributed by atoms with Crippen LogP contribution in [0.3, 0.4) is 0 Å². The zero-order valence-corrected chi connectivity index (χ0v) is 25.8. The van der Waals surface area contributed by atoms with Crippen LogP contribution in [0.1, 0.15) is 29.7 Å². The number of carbonyl (C=O) groups excluding carboxylic acids is 3. The zero-order valence-electron chi connectivity index (χ0n) is 24.2. The summed E-state index contributed by atoms with van der Waals surface area (Å²) in [7, 11) is -4.02. The highest BCUT2D eigenvalue weighted by atomic mass is 32.2. The number of fused-ring (bicyclic) bond motifs is 1. The van der Waals surface area contributed by atoms with Crippen LogP contribution in [0.15, 0.2) is 95.0 Å². The molecule has 0 aromatic heterocycles. The van der Waals surface area contributed by atoms with Crippen molar-refractivity contribution in [2.45, 2.75) is 42.8 Å². The van der Waals surface area contributed by atoms with Gasteiger partial charge in [-0.25, -0.2) is 4.79 Å². The van der Waals surface area contributed by atoms with Crippen LogP contribution in [0.25, 0.3) is 0 Å². The number of nitro benzene ring substituents is 1. The first kappa shape index (κ1) is 33.3. The van der Waals surface area contributed by atoms with Gasteiger partial charge in [-0.1, -0.05) is 48.0 Å². The van der Waals surface area contributed by atoms with Crippen LogP contribution in [0.5, 0.6) is 0 Å². The van der Waals surface area contributed by atoms with E-state index in [1.807, 2.05) is 13.0 Å². The molecule has 3 atom stereocenters. The predicted molar refractivity (Wildman–Crippen MR) is 165 cm³/mol. The number of ether oxygens (including phenoxy) is 1. The molecule has 0 spiro atoms. The minimum absolute atomic E-state index is 0.0629. The van der Waals surface area contributed by atoms with Crippen molar-refractivity contribution < 1.29 is 37.0 Å². The largest absolute Gasteiger partial charge is 0.456 e. The third kappa shape index (κ3) is 7.94. The number of amides is 2. The third-order valence-corrected chi connectivity index (χ3v) is 9.22. The molecule has 2 aliphatic heterocycles. The molecule has 2 aliphatic rings. The SMILES string of the molecule is CC1=C(C(=O)OCc2ccc([N+](=O)[O-])cc2)N2C(=O)C(NC(=O)C(N)c3ccccc3)[C@@H]2SC1.Cc1ccc(S(=O)(=O)O)cc1. The molecule has 3 aromatic carbocycles. The summed E-state index contributed by atoms with van der Waals surface area (Å²) < 4.78 is 34.9. The smallest absolute Gasteiger partial charge is 0.355 e. The lowest BCUT2D eigenvalue weighted by atomic mass is 10.0. The lowest BCUT2D eigenvalue weighted by molar-refractivity contribution is -0.384. The van der Waals surface area contributed by atoms with E-state index in [0.29, 0.717) is 22.5 Å². The Morgan fingerprint density at radius 2 is 1.71 bits per heavy atom. The Morgan fingerprint density at radius 1 is 1.09 bits per heavy atom. The van der Waals surface area contributed by atoms with Gasteiger partial charge >= 0.3 is 5.97 Å². The fraction of sp³-hybridized carbons (Fsp3) is 0.233. The average Bonchev–Trinajstić information content (AvgIpc) is 3.02. The number of hydrogen-bond donors (Lipinski definition) is 3. The first-order valence-corrected chi connectivity index (χ1v) is 16.0. The van der Waals surface area contributed by atoms with Crippen molar-refractivity contribution >= 4 is 45.4 Å². The number of β-lactam (4-membered cyclic amide) rings is 1. The Labute approximate surface area is 263 Å². The van der Waals surface area contributed by atoms with Crippen LogP contribution < -0.4 is 11.1 Å².